The van der Waals surface area contributed by atoms with Crippen molar-refractivity contribution in [3.05, 3.63) is 77.8 Å². The van der Waals surface area contributed by atoms with Crippen LogP contribution in [0.15, 0.2) is 48.5 Å². The first-order valence-corrected chi connectivity index (χ1v) is 30.6. The Morgan fingerprint density at radius 2 is 0.818 bits per heavy atom. The van der Waals surface area contributed by atoms with Crippen LogP contribution in [-0.4, -0.2) is 0 Å². The maximum absolute atomic E-state index is 2.54. The van der Waals surface area contributed by atoms with E-state index in [4.69, 9.17) is 0 Å². The van der Waals surface area contributed by atoms with Crippen LogP contribution in [0.25, 0.3) is 82.8 Å². The van der Waals surface area contributed by atoms with E-state index >= 15 is 0 Å². The van der Waals surface area contributed by atoms with E-state index in [1.54, 1.807) is 0 Å². The minimum Gasteiger partial charge on any atom is -0.140 e. The molecule has 0 radical (unpaired) electrons. The SMILES string of the molecule is CC.CC.CC.CCC.CCC.CCCC.CCc1ccc(-c2c3c4sc(C)cc4c4cc(C(C)(C)C)sc4c3c(-c3ccc(CC)s3)c3c4sc(CC)cc4c4cc(C(C)C)sc4c23)s1. The molecule has 0 spiro atoms. The van der Waals surface area contributed by atoms with Gasteiger partial charge in [-0.2, -0.15) is 0 Å². The molecule has 0 fully saturated rings. The minimum atomic E-state index is 0.0722. The fraction of sp³-hybridized carbons (Fsp3) is 0.500. The first-order valence-electron chi connectivity index (χ1n) is 25.7. The fourth-order valence-electron chi connectivity index (χ4n) is 7.68. The van der Waals surface area contributed by atoms with Crippen molar-refractivity contribution in [2.45, 2.75) is 202 Å². The number of hydrogen-bond acceptors (Lipinski definition) is 6. The van der Waals surface area contributed by atoms with E-state index in [9.17, 15) is 0 Å². The largest absolute Gasteiger partial charge is 0.140 e. The van der Waals surface area contributed by atoms with Crippen molar-refractivity contribution < 1.29 is 0 Å². The molecule has 0 amide bonds. The van der Waals surface area contributed by atoms with Crippen LogP contribution in [0.3, 0.4) is 0 Å². The molecule has 0 N–H and O–H groups in total. The summed E-state index contributed by atoms with van der Waals surface area (Å²) in [7, 11) is 0. The molecule has 362 valence electrons. The highest BCUT2D eigenvalue weighted by atomic mass is 32.1. The predicted molar refractivity (Wildman–Crippen MR) is 322 cm³/mol. The second-order valence-corrected chi connectivity index (χ2v) is 24.3. The van der Waals surface area contributed by atoms with Gasteiger partial charge >= 0.3 is 0 Å². The third-order valence-electron chi connectivity index (χ3n) is 10.8. The molecule has 66 heavy (non-hydrogen) atoms. The van der Waals surface area contributed by atoms with Gasteiger partial charge < -0.3 is 0 Å². The Kier molecular flexibility index (Phi) is 23.6. The van der Waals surface area contributed by atoms with Crippen LogP contribution in [0, 0.1) is 6.92 Å². The molecule has 0 unspecified atom stereocenters. The van der Waals surface area contributed by atoms with E-state index in [1.807, 2.05) is 98.2 Å². The first-order chi connectivity index (χ1) is 31.7. The van der Waals surface area contributed by atoms with Crippen molar-refractivity contribution in [2.24, 2.45) is 0 Å². The van der Waals surface area contributed by atoms with Crippen molar-refractivity contribution in [3.63, 3.8) is 0 Å². The quantitative estimate of drug-likeness (QED) is 0.140. The highest BCUT2D eigenvalue weighted by Gasteiger charge is 2.30. The van der Waals surface area contributed by atoms with Gasteiger partial charge in [-0.05, 0) is 86.1 Å². The smallest absolute Gasteiger partial charge is 0.0438 e. The summed E-state index contributed by atoms with van der Waals surface area (Å²) in [6.45, 7) is 46.0. The van der Waals surface area contributed by atoms with E-state index < -0.39 is 0 Å². The standard InChI is InChI=1S/C44H42S6.C4H10.2C3H8.3C2H6/c1-10-23-13-15-30(46-23)34-36-39(43-29(20-33(50-43)44(7,8)9)26-17-22(6)45-40(26)36)35(31-16-14-24(11-2)47-31)37-38(34)42-28(19-32(49-42)21(4)5)27-18-25(12-3)48-41(27)37;1-3-4-2;2*1-3-2;3*1-2/h13-21H,10-12H2,1-9H3;3-4H2,1-2H3;2*3H2,1-2H3;3*1-2H3. The highest BCUT2D eigenvalue weighted by molar-refractivity contribution is 7.25. The first kappa shape index (κ1) is 57.7. The maximum atomic E-state index is 2.54. The Morgan fingerprint density at radius 1 is 0.439 bits per heavy atom. The molecule has 0 aliphatic heterocycles. The zero-order chi connectivity index (χ0) is 49.6. The Balaban J connectivity index is 0.000000643. The van der Waals surface area contributed by atoms with E-state index in [0.29, 0.717) is 5.92 Å². The molecule has 0 saturated carbocycles. The van der Waals surface area contributed by atoms with Crippen molar-refractivity contribution in [2.75, 3.05) is 0 Å². The monoisotopic (exact) mass is 999 g/mol. The highest BCUT2D eigenvalue weighted by Crippen LogP contribution is 2.59. The van der Waals surface area contributed by atoms with Gasteiger partial charge in [0, 0.05) is 112 Å². The molecule has 9 rings (SSSR count). The second kappa shape index (κ2) is 27.0. The normalized spacial score (nSPS) is 11.1. The number of unbranched alkanes of at least 4 members (excludes halogenated alkanes) is 1. The molecule has 0 saturated heterocycles. The van der Waals surface area contributed by atoms with Gasteiger partial charge in [-0.1, -0.05) is 164 Å². The molecule has 0 nitrogen and oxygen atoms in total. The summed E-state index contributed by atoms with van der Waals surface area (Å²) in [6.07, 6.45) is 8.32. The number of thiophene rings is 6. The Hall–Kier alpha value is -2.58. The molecular formula is C60H86S6. The van der Waals surface area contributed by atoms with Gasteiger partial charge in [-0.15, -0.1) is 68.0 Å². The van der Waals surface area contributed by atoms with Crippen LogP contribution in [0.4, 0.5) is 0 Å². The minimum absolute atomic E-state index is 0.0722. The van der Waals surface area contributed by atoms with Gasteiger partial charge in [-0.3, -0.25) is 0 Å². The van der Waals surface area contributed by atoms with Crippen molar-refractivity contribution in [1.82, 2.24) is 0 Å². The summed E-state index contributed by atoms with van der Waals surface area (Å²) in [5, 5.41) is 11.7. The number of benzene rings is 3. The summed E-state index contributed by atoms with van der Waals surface area (Å²) < 4.78 is 5.85. The lowest BCUT2D eigenvalue weighted by molar-refractivity contribution is 0.604. The molecule has 0 bridgehead atoms. The summed E-state index contributed by atoms with van der Waals surface area (Å²) in [6, 6.07) is 19.8. The average Bonchev–Trinajstić information content (AvgIpc) is 4.18. The van der Waals surface area contributed by atoms with Crippen molar-refractivity contribution in [3.8, 4) is 20.9 Å². The van der Waals surface area contributed by atoms with E-state index in [1.165, 1.54) is 138 Å². The van der Waals surface area contributed by atoms with E-state index in [0.717, 1.165) is 19.3 Å². The summed E-state index contributed by atoms with van der Waals surface area (Å²) in [5.74, 6) is 0.483. The second-order valence-electron chi connectivity index (χ2n) is 17.5. The molecular weight excluding hydrogens is 913 g/mol. The molecule has 3 aromatic carbocycles. The number of fused-ring (bicyclic) bond motifs is 12. The van der Waals surface area contributed by atoms with E-state index in [2.05, 4.69) is 164 Å². The lowest BCUT2D eigenvalue weighted by atomic mass is 9.87. The van der Waals surface area contributed by atoms with Crippen LogP contribution in [0.5, 0.6) is 0 Å². The predicted octanol–water partition coefficient (Wildman–Crippen LogP) is 24.4. The maximum Gasteiger partial charge on any atom is 0.0438 e. The molecule has 0 atom stereocenters. The van der Waals surface area contributed by atoms with Gasteiger partial charge in [0.2, 0.25) is 0 Å². The molecule has 0 aliphatic carbocycles. The number of hydrogen-bond donors (Lipinski definition) is 0. The zero-order valence-electron chi connectivity index (χ0n) is 45.1. The van der Waals surface area contributed by atoms with Crippen LogP contribution in [-0.2, 0) is 24.7 Å². The van der Waals surface area contributed by atoms with Crippen molar-refractivity contribution >= 4 is 130 Å². The zero-order valence-corrected chi connectivity index (χ0v) is 50.0. The molecule has 0 aliphatic rings. The molecule has 9 aromatic rings. The lowest BCUT2D eigenvalue weighted by Crippen LogP contribution is -2.07. The summed E-state index contributed by atoms with van der Waals surface area (Å²) >= 11 is 12.2. The van der Waals surface area contributed by atoms with E-state index in [-0.39, 0.29) is 5.41 Å². The van der Waals surface area contributed by atoms with Gasteiger partial charge in [0.1, 0.15) is 0 Å². The fourth-order valence-corrected chi connectivity index (χ4v) is 14.5. The molecule has 6 aromatic heterocycles. The van der Waals surface area contributed by atoms with Crippen LogP contribution < -0.4 is 0 Å². The summed E-state index contributed by atoms with van der Waals surface area (Å²) in [4.78, 5) is 11.6. The van der Waals surface area contributed by atoms with Crippen molar-refractivity contribution in [1.29, 1.82) is 0 Å². The van der Waals surface area contributed by atoms with Gasteiger partial charge in [-0.25, -0.2) is 0 Å². The number of aryl methyl sites for hydroxylation is 4. The Bertz CT molecular complexity index is 2860. The third kappa shape index (κ3) is 12.0. The van der Waals surface area contributed by atoms with Crippen LogP contribution in [0.2, 0.25) is 0 Å². The molecule has 6 heteroatoms. The van der Waals surface area contributed by atoms with Crippen LogP contribution >= 0.6 is 68.0 Å². The van der Waals surface area contributed by atoms with Gasteiger partial charge in [0.25, 0.3) is 0 Å². The number of rotatable bonds is 7. The van der Waals surface area contributed by atoms with Gasteiger partial charge in [0.05, 0.1) is 0 Å². The third-order valence-corrected chi connectivity index (χ3v) is 18.7. The lowest BCUT2D eigenvalue weighted by Gasteiger charge is -2.19. The Morgan fingerprint density at radius 3 is 1.21 bits per heavy atom. The topological polar surface area (TPSA) is 0 Å². The van der Waals surface area contributed by atoms with Gasteiger partial charge in [0.15, 0.2) is 0 Å². The van der Waals surface area contributed by atoms with Crippen LogP contribution in [0.1, 0.15) is 199 Å². The average molecular weight is 1000 g/mol. The summed E-state index contributed by atoms with van der Waals surface area (Å²) in [5.41, 5.74) is 3.00. The molecule has 6 heterocycles. The Labute approximate surface area is 426 Å².